The van der Waals surface area contributed by atoms with Crippen LogP contribution in [0, 0.1) is 11.8 Å². The molecule has 2 heteroatoms. The van der Waals surface area contributed by atoms with E-state index < -0.39 is 0 Å². The molecule has 0 heterocycles. The highest BCUT2D eigenvalue weighted by molar-refractivity contribution is 4.86. The Balaban J connectivity index is 2.29. The van der Waals surface area contributed by atoms with Gasteiger partial charge in [-0.3, -0.25) is 0 Å². The van der Waals surface area contributed by atoms with Crippen LogP contribution in [0.1, 0.15) is 47.5 Å². The summed E-state index contributed by atoms with van der Waals surface area (Å²) in [4.78, 5) is 2.55. The molecule has 0 spiro atoms. The maximum Gasteiger partial charge on any atom is 0.0215 e. The number of nitrogens with zero attached hydrogens (tertiary/aromatic N) is 1. The van der Waals surface area contributed by atoms with Crippen molar-refractivity contribution in [3.8, 4) is 0 Å². The third-order valence-corrected chi connectivity index (χ3v) is 3.76. The summed E-state index contributed by atoms with van der Waals surface area (Å²) in [5.41, 5.74) is 0.237. The van der Waals surface area contributed by atoms with Crippen molar-refractivity contribution < 1.29 is 0 Å². The highest BCUT2D eigenvalue weighted by Gasteiger charge is 2.34. The van der Waals surface area contributed by atoms with Crippen molar-refractivity contribution in [3.63, 3.8) is 0 Å². The first kappa shape index (κ1) is 14.0. The summed E-state index contributed by atoms with van der Waals surface area (Å²) in [5.74, 6) is 1.93. The molecule has 0 aromatic rings. The van der Waals surface area contributed by atoms with Crippen LogP contribution in [0.3, 0.4) is 0 Å². The van der Waals surface area contributed by atoms with Gasteiger partial charge in [-0.2, -0.15) is 0 Å². The number of likely N-dealkylation sites (N-methyl/N-ethyl adjacent to an activating group) is 1. The minimum absolute atomic E-state index is 0.237. The van der Waals surface area contributed by atoms with Crippen molar-refractivity contribution in [3.05, 3.63) is 0 Å². The van der Waals surface area contributed by atoms with Gasteiger partial charge in [0.1, 0.15) is 0 Å². The average molecular weight is 226 g/mol. The molecule has 0 aliphatic heterocycles. The molecule has 0 aromatic carbocycles. The SMILES string of the molecule is CCC(CNC(C)(C)C)N(C)CC1CC1C. The highest BCUT2D eigenvalue weighted by Crippen LogP contribution is 2.38. The van der Waals surface area contributed by atoms with Crippen molar-refractivity contribution >= 4 is 0 Å². The van der Waals surface area contributed by atoms with Crippen LogP contribution in [-0.4, -0.2) is 36.6 Å². The first-order valence-electron chi connectivity index (χ1n) is 6.78. The molecular weight excluding hydrogens is 196 g/mol. The van der Waals surface area contributed by atoms with Crippen LogP contribution in [0.25, 0.3) is 0 Å². The lowest BCUT2D eigenvalue weighted by Crippen LogP contribution is -2.46. The zero-order valence-corrected chi connectivity index (χ0v) is 12.0. The van der Waals surface area contributed by atoms with E-state index in [1.54, 1.807) is 0 Å². The Morgan fingerprint density at radius 3 is 2.31 bits per heavy atom. The Morgan fingerprint density at radius 1 is 1.38 bits per heavy atom. The Morgan fingerprint density at radius 2 is 1.94 bits per heavy atom. The van der Waals surface area contributed by atoms with Gasteiger partial charge in [-0.1, -0.05) is 13.8 Å². The highest BCUT2D eigenvalue weighted by atomic mass is 15.2. The van der Waals surface area contributed by atoms with E-state index in [1.165, 1.54) is 19.4 Å². The van der Waals surface area contributed by atoms with Crippen molar-refractivity contribution in [2.24, 2.45) is 11.8 Å². The van der Waals surface area contributed by atoms with Gasteiger partial charge in [0.2, 0.25) is 0 Å². The number of hydrogen-bond donors (Lipinski definition) is 1. The van der Waals surface area contributed by atoms with Gasteiger partial charge in [0.25, 0.3) is 0 Å². The third-order valence-electron chi connectivity index (χ3n) is 3.76. The fraction of sp³-hybridized carbons (Fsp3) is 1.00. The smallest absolute Gasteiger partial charge is 0.0215 e. The molecule has 1 saturated carbocycles. The van der Waals surface area contributed by atoms with E-state index in [4.69, 9.17) is 0 Å². The topological polar surface area (TPSA) is 15.3 Å². The second kappa shape index (κ2) is 5.50. The monoisotopic (exact) mass is 226 g/mol. The van der Waals surface area contributed by atoms with E-state index in [1.807, 2.05) is 0 Å². The van der Waals surface area contributed by atoms with Crippen LogP contribution in [0.2, 0.25) is 0 Å². The van der Waals surface area contributed by atoms with Gasteiger partial charge < -0.3 is 10.2 Å². The van der Waals surface area contributed by atoms with Crippen LogP contribution in [0.15, 0.2) is 0 Å². The van der Waals surface area contributed by atoms with Gasteiger partial charge in [-0.15, -0.1) is 0 Å². The van der Waals surface area contributed by atoms with Crippen LogP contribution in [0.5, 0.6) is 0 Å². The standard InChI is InChI=1S/C14H30N2/c1-7-13(9-15-14(3,4)5)16(6)10-12-8-11(12)2/h11-13,15H,7-10H2,1-6H3. The van der Waals surface area contributed by atoms with Crippen LogP contribution >= 0.6 is 0 Å². The summed E-state index contributed by atoms with van der Waals surface area (Å²) in [6.07, 6.45) is 2.67. The van der Waals surface area contributed by atoms with Crippen molar-refractivity contribution in [2.45, 2.75) is 59.0 Å². The molecule has 16 heavy (non-hydrogen) atoms. The van der Waals surface area contributed by atoms with Crippen LogP contribution < -0.4 is 5.32 Å². The normalized spacial score (nSPS) is 27.2. The van der Waals surface area contributed by atoms with E-state index in [2.05, 4.69) is 51.9 Å². The fourth-order valence-corrected chi connectivity index (χ4v) is 2.21. The average Bonchev–Trinajstić information content (AvgIpc) is 2.80. The second-order valence-corrected chi connectivity index (χ2v) is 6.61. The fourth-order valence-electron chi connectivity index (χ4n) is 2.21. The molecule has 96 valence electrons. The molecule has 1 aliphatic rings. The molecule has 1 N–H and O–H groups in total. The Labute approximate surface area is 102 Å². The lowest BCUT2D eigenvalue weighted by atomic mass is 10.1. The Kier molecular flexibility index (Phi) is 4.81. The first-order chi connectivity index (χ1) is 7.33. The van der Waals surface area contributed by atoms with E-state index in [9.17, 15) is 0 Å². The van der Waals surface area contributed by atoms with Crippen molar-refractivity contribution in [1.82, 2.24) is 10.2 Å². The zero-order valence-electron chi connectivity index (χ0n) is 12.0. The molecule has 0 bridgehead atoms. The first-order valence-corrected chi connectivity index (χ1v) is 6.78. The summed E-state index contributed by atoms with van der Waals surface area (Å²) in [6.45, 7) is 13.8. The van der Waals surface area contributed by atoms with Gasteiger partial charge in [-0.05, 0) is 52.5 Å². The molecule has 0 amide bonds. The van der Waals surface area contributed by atoms with Crippen molar-refractivity contribution in [2.75, 3.05) is 20.1 Å². The van der Waals surface area contributed by atoms with E-state index in [0.717, 1.165) is 18.4 Å². The molecule has 0 saturated heterocycles. The van der Waals surface area contributed by atoms with Gasteiger partial charge in [0, 0.05) is 24.7 Å². The maximum absolute atomic E-state index is 3.62. The zero-order chi connectivity index (χ0) is 12.3. The number of nitrogens with one attached hydrogen (secondary N) is 1. The molecule has 3 atom stereocenters. The third kappa shape index (κ3) is 4.84. The number of hydrogen-bond acceptors (Lipinski definition) is 2. The largest absolute Gasteiger partial charge is 0.311 e. The summed E-state index contributed by atoms with van der Waals surface area (Å²) >= 11 is 0. The molecule has 2 nitrogen and oxygen atoms in total. The summed E-state index contributed by atoms with van der Waals surface area (Å²) in [7, 11) is 2.28. The van der Waals surface area contributed by atoms with Gasteiger partial charge in [0.15, 0.2) is 0 Å². The van der Waals surface area contributed by atoms with Crippen LogP contribution in [0.4, 0.5) is 0 Å². The summed E-state index contributed by atoms with van der Waals surface area (Å²) in [6, 6.07) is 0.687. The molecule has 1 rings (SSSR count). The molecular formula is C14H30N2. The quantitative estimate of drug-likeness (QED) is 0.749. The lowest BCUT2D eigenvalue weighted by Gasteiger charge is -2.31. The summed E-state index contributed by atoms with van der Waals surface area (Å²) < 4.78 is 0. The minimum Gasteiger partial charge on any atom is -0.311 e. The maximum atomic E-state index is 3.62. The molecule has 1 fully saturated rings. The van der Waals surface area contributed by atoms with Gasteiger partial charge >= 0.3 is 0 Å². The predicted octanol–water partition coefficient (Wildman–Crippen LogP) is 2.74. The van der Waals surface area contributed by atoms with E-state index >= 15 is 0 Å². The predicted molar refractivity (Wildman–Crippen MR) is 71.7 cm³/mol. The lowest BCUT2D eigenvalue weighted by molar-refractivity contribution is 0.206. The molecule has 0 aromatic heterocycles. The molecule has 3 unspecified atom stereocenters. The van der Waals surface area contributed by atoms with Crippen molar-refractivity contribution in [1.29, 1.82) is 0 Å². The molecule has 0 radical (unpaired) electrons. The Bertz CT molecular complexity index is 207. The summed E-state index contributed by atoms with van der Waals surface area (Å²) in [5, 5.41) is 3.62. The Hall–Kier alpha value is -0.0800. The number of rotatable bonds is 6. The van der Waals surface area contributed by atoms with E-state index in [-0.39, 0.29) is 5.54 Å². The van der Waals surface area contributed by atoms with E-state index in [0.29, 0.717) is 6.04 Å². The minimum atomic E-state index is 0.237. The molecule has 1 aliphatic carbocycles. The van der Waals surface area contributed by atoms with Crippen LogP contribution in [-0.2, 0) is 0 Å². The van der Waals surface area contributed by atoms with Gasteiger partial charge in [0.05, 0.1) is 0 Å². The van der Waals surface area contributed by atoms with Gasteiger partial charge in [-0.25, -0.2) is 0 Å². The second-order valence-electron chi connectivity index (χ2n) is 6.61.